The van der Waals surface area contributed by atoms with E-state index in [1.165, 1.54) is 36.7 Å². The van der Waals surface area contributed by atoms with E-state index in [4.69, 9.17) is 0 Å². The first-order chi connectivity index (χ1) is 7.31. The molecule has 78 valence electrons. The van der Waals surface area contributed by atoms with Crippen molar-refractivity contribution in [3.05, 3.63) is 24.0 Å². The van der Waals surface area contributed by atoms with Gasteiger partial charge in [0.25, 0.3) is 0 Å². The number of halogens is 1. The third kappa shape index (κ3) is 1.69. The molecule has 4 heteroatoms. The number of hydrogen-bond acceptors (Lipinski definition) is 3. The topological polar surface area (TPSA) is 24.9 Å². The van der Waals surface area contributed by atoms with Gasteiger partial charge in [0.15, 0.2) is 5.13 Å². The number of aromatic nitrogens is 1. The average Bonchev–Trinajstić information content (AvgIpc) is 2.53. The number of thiazole rings is 1. The van der Waals surface area contributed by atoms with Crippen molar-refractivity contribution >= 4 is 26.7 Å². The SMILES string of the molecule is Fc1ccc2nc(NC3CCC3)sc2c1. The molecule has 0 bridgehead atoms. The van der Waals surface area contributed by atoms with E-state index in [0.29, 0.717) is 6.04 Å². The van der Waals surface area contributed by atoms with Crippen molar-refractivity contribution in [2.24, 2.45) is 0 Å². The van der Waals surface area contributed by atoms with Gasteiger partial charge >= 0.3 is 0 Å². The van der Waals surface area contributed by atoms with E-state index < -0.39 is 0 Å². The zero-order valence-corrected chi connectivity index (χ0v) is 8.98. The Hall–Kier alpha value is -1.16. The van der Waals surface area contributed by atoms with Gasteiger partial charge in [0.05, 0.1) is 10.2 Å². The molecule has 1 N–H and O–H groups in total. The van der Waals surface area contributed by atoms with Gasteiger partial charge in [-0.15, -0.1) is 0 Å². The molecule has 2 aromatic rings. The highest BCUT2D eigenvalue weighted by Crippen LogP contribution is 2.30. The van der Waals surface area contributed by atoms with Gasteiger partial charge in [0, 0.05) is 6.04 Å². The van der Waals surface area contributed by atoms with Crippen LogP contribution in [0.1, 0.15) is 19.3 Å². The lowest BCUT2D eigenvalue weighted by Crippen LogP contribution is -2.26. The fourth-order valence-electron chi connectivity index (χ4n) is 1.69. The molecule has 3 rings (SSSR count). The van der Waals surface area contributed by atoms with Gasteiger partial charge in [-0.25, -0.2) is 9.37 Å². The lowest BCUT2D eigenvalue weighted by atomic mass is 9.93. The van der Waals surface area contributed by atoms with E-state index in [1.54, 1.807) is 12.1 Å². The highest BCUT2D eigenvalue weighted by molar-refractivity contribution is 7.22. The van der Waals surface area contributed by atoms with Gasteiger partial charge in [-0.2, -0.15) is 0 Å². The first-order valence-electron chi connectivity index (χ1n) is 5.14. The van der Waals surface area contributed by atoms with Crippen LogP contribution in [0.25, 0.3) is 10.2 Å². The van der Waals surface area contributed by atoms with Crippen LogP contribution >= 0.6 is 11.3 Å². The minimum absolute atomic E-state index is 0.193. The zero-order chi connectivity index (χ0) is 10.3. The second-order valence-corrected chi connectivity index (χ2v) is 4.93. The summed E-state index contributed by atoms with van der Waals surface area (Å²) >= 11 is 1.53. The number of nitrogens with zero attached hydrogens (tertiary/aromatic N) is 1. The van der Waals surface area contributed by atoms with Crippen LogP contribution in [0.5, 0.6) is 0 Å². The first kappa shape index (κ1) is 9.09. The maximum Gasteiger partial charge on any atom is 0.184 e. The minimum atomic E-state index is -0.193. The van der Waals surface area contributed by atoms with E-state index >= 15 is 0 Å². The normalized spacial score (nSPS) is 16.6. The second-order valence-electron chi connectivity index (χ2n) is 3.90. The fraction of sp³-hybridized carbons (Fsp3) is 0.364. The molecule has 1 heterocycles. The maximum absolute atomic E-state index is 12.9. The van der Waals surface area contributed by atoms with E-state index in [0.717, 1.165) is 15.3 Å². The standard InChI is InChI=1S/C11H11FN2S/c12-7-4-5-9-10(6-7)15-11(14-9)13-8-2-1-3-8/h4-6,8H,1-3H2,(H,13,14). The summed E-state index contributed by atoms with van der Waals surface area (Å²) in [6.45, 7) is 0. The smallest absolute Gasteiger partial charge is 0.184 e. The molecule has 0 radical (unpaired) electrons. The van der Waals surface area contributed by atoms with Crippen LogP contribution in [-0.4, -0.2) is 11.0 Å². The zero-order valence-electron chi connectivity index (χ0n) is 8.16. The molecule has 0 saturated heterocycles. The summed E-state index contributed by atoms with van der Waals surface area (Å²) in [6.07, 6.45) is 3.76. The predicted octanol–water partition coefficient (Wildman–Crippen LogP) is 3.40. The Labute approximate surface area is 91.1 Å². The molecule has 0 spiro atoms. The molecule has 0 amide bonds. The fourth-order valence-corrected chi connectivity index (χ4v) is 2.66. The summed E-state index contributed by atoms with van der Waals surface area (Å²) in [4.78, 5) is 4.42. The van der Waals surface area contributed by atoms with Crippen molar-refractivity contribution in [3.8, 4) is 0 Å². The van der Waals surface area contributed by atoms with E-state index in [2.05, 4.69) is 10.3 Å². The lowest BCUT2D eigenvalue weighted by molar-refractivity contribution is 0.445. The van der Waals surface area contributed by atoms with E-state index in [-0.39, 0.29) is 5.82 Å². The van der Waals surface area contributed by atoms with Gasteiger partial charge < -0.3 is 5.32 Å². The third-order valence-corrected chi connectivity index (χ3v) is 3.73. The summed E-state index contributed by atoms with van der Waals surface area (Å²) in [5, 5.41) is 4.29. The van der Waals surface area contributed by atoms with Crippen LogP contribution in [0.4, 0.5) is 9.52 Å². The molecule has 1 fully saturated rings. The molecular formula is C11H11FN2S. The second kappa shape index (κ2) is 3.45. The quantitative estimate of drug-likeness (QED) is 0.842. The van der Waals surface area contributed by atoms with Crippen molar-refractivity contribution < 1.29 is 4.39 Å². The number of nitrogens with one attached hydrogen (secondary N) is 1. The highest BCUT2D eigenvalue weighted by Gasteiger charge is 2.18. The molecule has 1 saturated carbocycles. The Bertz CT molecular complexity index is 490. The summed E-state index contributed by atoms with van der Waals surface area (Å²) < 4.78 is 13.9. The summed E-state index contributed by atoms with van der Waals surface area (Å²) in [7, 11) is 0. The van der Waals surface area contributed by atoms with Crippen LogP contribution in [0.15, 0.2) is 18.2 Å². The van der Waals surface area contributed by atoms with Crippen LogP contribution in [0.2, 0.25) is 0 Å². The van der Waals surface area contributed by atoms with Crippen molar-refractivity contribution in [3.63, 3.8) is 0 Å². The van der Waals surface area contributed by atoms with Crippen molar-refractivity contribution in [1.82, 2.24) is 4.98 Å². The molecule has 1 aromatic carbocycles. The van der Waals surface area contributed by atoms with Gasteiger partial charge in [-0.1, -0.05) is 11.3 Å². The molecule has 1 aromatic heterocycles. The Kier molecular flexibility index (Phi) is 2.09. The minimum Gasteiger partial charge on any atom is -0.359 e. The highest BCUT2D eigenvalue weighted by atomic mass is 32.1. The van der Waals surface area contributed by atoms with Gasteiger partial charge in [-0.3, -0.25) is 0 Å². The predicted molar refractivity (Wildman–Crippen MR) is 60.8 cm³/mol. The van der Waals surface area contributed by atoms with Gasteiger partial charge in [-0.05, 0) is 37.5 Å². The van der Waals surface area contributed by atoms with Crippen molar-refractivity contribution in [1.29, 1.82) is 0 Å². The number of benzene rings is 1. The molecule has 0 atom stereocenters. The first-order valence-corrected chi connectivity index (χ1v) is 5.95. The van der Waals surface area contributed by atoms with Crippen LogP contribution < -0.4 is 5.32 Å². The number of rotatable bonds is 2. The van der Waals surface area contributed by atoms with E-state index in [1.807, 2.05) is 0 Å². The Morgan fingerprint density at radius 2 is 2.27 bits per heavy atom. The largest absolute Gasteiger partial charge is 0.359 e. The summed E-state index contributed by atoms with van der Waals surface area (Å²) in [5.74, 6) is -0.193. The van der Waals surface area contributed by atoms with Crippen LogP contribution in [-0.2, 0) is 0 Å². The Balaban J connectivity index is 1.91. The van der Waals surface area contributed by atoms with Crippen molar-refractivity contribution in [2.45, 2.75) is 25.3 Å². The molecule has 0 unspecified atom stereocenters. The Morgan fingerprint density at radius 3 is 3.00 bits per heavy atom. The van der Waals surface area contributed by atoms with E-state index in [9.17, 15) is 4.39 Å². The van der Waals surface area contributed by atoms with Gasteiger partial charge in [0.2, 0.25) is 0 Å². The van der Waals surface area contributed by atoms with Gasteiger partial charge in [0.1, 0.15) is 5.82 Å². The molecule has 2 nitrogen and oxygen atoms in total. The number of hydrogen-bond donors (Lipinski definition) is 1. The summed E-state index contributed by atoms with van der Waals surface area (Å²) in [5.41, 5.74) is 0.878. The van der Waals surface area contributed by atoms with Crippen molar-refractivity contribution in [2.75, 3.05) is 5.32 Å². The average molecular weight is 222 g/mol. The number of fused-ring (bicyclic) bond motifs is 1. The van der Waals surface area contributed by atoms with Crippen LogP contribution in [0.3, 0.4) is 0 Å². The lowest BCUT2D eigenvalue weighted by Gasteiger charge is -2.25. The summed E-state index contributed by atoms with van der Waals surface area (Å²) in [6, 6.07) is 5.30. The molecule has 1 aliphatic rings. The Morgan fingerprint density at radius 1 is 1.40 bits per heavy atom. The molecule has 1 aliphatic carbocycles. The van der Waals surface area contributed by atoms with Crippen LogP contribution in [0, 0.1) is 5.82 Å². The monoisotopic (exact) mass is 222 g/mol. The molecule has 0 aliphatic heterocycles. The molecule has 15 heavy (non-hydrogen) atoms. The maximum atomic E-state index is 12.9. The number of anilines is 1. The third-order valence-electron chi connectivity index (χ3n) is 2.78. The molecular weight excluding hydrogens is 211 g/mol.